The van der Waals surface area contributed by atoms with Gasteiger partial charge in [0.2, 0.25) is 15.9 Å². The maximum Gasteiger partial charge on any atom is 0.246 e. The highest BCUT2D eigenvalue weighted by Gasteiger charge is 2.23. The Kier molecular flexibility index (Phi) is 6.54. The monoisotopic (exact) mass is 367 g/mol. The Morgan fingerprint density at radius 1 is 1.20 bits per heavy atom. The first-order valence-electron chi connectivity index (χ1n) is 7.77. The van der Waals surface area contributed by atoms with Gasteiger partial charge in [-0.05, 0) is 26.0 Å². The molecule has 2 rings (SSSR count). The molecule has 0 saturated carbocycles. The predicted octanol–water partition coefficient (Wildman–Crippen LogP) is 1.16. The Balaban J connectivity index is 1.68. The van der Waals surface area contributed by atoms with Crippen LogP contribution in [-0.4, -0.2) is 39.2 Å². The van der Waals surface area contributed by atoms with E-state index in [1.54, 1.807) is 19.1 Å². The summed E-state index contributed by atoms with van der Waals surface area (Å²) in [6.45, 7) is 3.58. The molecular formula is C16H21N3O5S. The zero-order chi connectivity index (χ0) is 18.3. The minimum atomic E-state index is -3.71. The zero-order valence-electron chi connectivity index (χ0n) is 14.1. The van der Waals surface area contributed by atoms with E-state index >= 15 is 0 Å². The van der Waals surface area contributed by atoms with Gasteiger partial charge in [0.25, 0.3) is 0 Å². The number of amides is 1. The van der Waals surface area contributed by atoms with Gasteiger partial charge in [-0.25, -0.2) is 13.1 Å². The lowest BCUT2D eigenvalue weighted by Gasteiger charge is -2.08. The third-order valence-corrected chi connectivity index (χ3v) is 5.02. The number of aryl methyl sites for hydroxylation is 2. The van der Waals surface area contributed by atoms with Crippen molar-refractivity contribution in [1.29, 1.82) is 0 Å². The van der Waals surface area contributed by atoms with Crippen LogP contribution >= 0.6 is 0 Å². The Labute approximate surface area is 146 Å². The van der Waals surface area contributed by atoms with Crippen molar-refractivity contribution in [3.8, 4) is 5.75 Å². The smallest absolute Gasteiger partial charge is 0.246 e. The first kappa shape index (κ1) is 18.9. The van der Waals surface area contributed by atoms with Crippen LogP contribution in [0, 0.1) is 13.8 Å². The largest absolute Gasteiger partial charge is 0.493 e. The molecule has 0 fully saturated rings. The van der Waals surface area contributed by atoms with Gasteiger partial charge in [0.15, 0.2) is 5.76 Å². The summed E-state index contributed by atoms with van der Waals surface area (Å²) in [5.41, 5.74) is 0.298. The third kappa shape index (κ3) is 5.57. The Morgan fingerprint density at radius 2 is 1.92 bits per heavy atom. The molecule has 0 unspecified atom stereocenters. The highest BCUT2D eigenvalue weighted by atomic mass is 32.2. The Hall–Kier alpha value is -2.39. The second-order valence-corrected chi connectivity index (χ2v) is 7.02. The molecule has 9 heteroatoms. The summed E-state index contributed by atoms with van der Waals surface area (Å²) < 4.78 is 37.0. The van der Waals surface area contributed by atoms with Gasteiger partial charge in [0.05, 0.1) is 13.0 Å². The molecule has 0 bridgehead atoms. The number of para-hydroxylation sites is 1. The first-order valence-corrected chi connectivity index (χ1v) is 9.25. The highest BCUT2D eigenvalue weighted by Crippen LogP contribution is 2.18. The summed E-state index contributed by atoms with van der Waals surface area (Å²) in [7, 11) is -3.71. The van der Waals surface area contributed by atoms with E-state index in [1.807, 2.05) is 18.2 Å². The second kappa shape index (κ2) is 8.63. The number of carbonyl (C=O) groups is 1. The second-order valence-electron chi connectivity index (χ2n) is 5.31. The number of sulfonamides is 1. The summed E-state index contributed by atoms with van der Waals surface area (Å²) in [5.74, 6) is 0.710. The van der Waals surface area contributed by atoms with Gasteiger partial charge in [0.1, 0.15) is 16.3 Å². The molecular weight excluding hydrogens is 346 g/mol. The van der Waals surface area contributed by atoms with E-state index in [-0.39, 0.29) is 42.7 Å². The van der Waals surface area contributed by atoms with Crippen molar-refractivity contribution in [1.82, 2.24) is 15.2 Å². The molecule has 136 valence electrons. The van der Waals surface area contributed by atoms with Crippen molar-refractivity contribution in [2.45, 2.75) is 25.2 Å². The average molecular weight is 367 g/mol. The van der Waals surface area contributed by atoms with Gasteiger partial charge in [-0.15, -0.1) is 0 Å². The molecule has 8 nitrogen and oxygen atoms in total. The van der Waals surface area contributed by atoms with E-state index in [9.17, 15) is 13.2 Å². The van der Waals surface area contributed by atoms with Crippen molar-refractivity contribution in [2.24, 2.45) is 0 Å². The average Bonchev–Trinajstić information content (AvgIpc) is 2.92. The van der Waals surface area contributed by atoms with E-state index in [2.05, 4.69) is 15.2 Å². The summed E-state index contributed by atoms with van der Waals surface area (Å²) >= 11 is 0. The van der Waals surface area contributed by atoms with Gasteiger partial charge in [0, 0.05) is 13.1 Å². The van der Waals surface area contributed by atoms with E-state index < -0.39 is 10.0 Å². The fourth-order valence-corrected chi connectivity index (χ4v) is 3.54. The lowest BCUT2D eigenvalue weighted by atomic mass is 10.3. The number of hydrogen-bond donors (Lipinski definition) is 2. The maximum absolute atomic E-state index is 12.2. The molecule has 2 aromatic rings. The van der Waals surface area contributed by atoms with Gasteiger partial charge in [-0.2, -0.15) is 0 Å². The zero-order valence-corrected chi connectivity index (χ0v) is 14.9. The van der Waals surface area contributed by atoms with Crippen LogP contribution < -0.4 is 14.8 Å². The summed E-state index contributed by atoms with van der Waals surface area (Å²) in [6.07, 6.45) is 0.186. The fraction of sp³-hybridized carbons (Fsp3) is 0.375. The number of rotatable bonds is 9. The SMILES string of the molecule is Cc1noc(C)c1S(=O)(=O)NCCNC(=O)CCOc1ccccc1. The van der Waals surface area contributed by atoms with E-state index in [1.165, 1.54) is 6.92 Å². The van der Waals surface area contributed by atoms with Crippen LogP contribution in [0.1, 0.15) is 17.9 Å². The van der Waals surface area contributed by atoms with Gasteiger partial charge >= 0.3 is 0 Å². The quantitative estimate of drug-likeness (QED) is 0.644. The van der Waals surface area contributed by atoms with Crippen LogP contribution in [0.2, 0.25) is 0 Å². The summed E-state index contributed by atoms with van der Waals surface area (Å²) in [6, 6.07) is 9.19. The number of nitrogens with zero attached hydrogens (tertiary/aromatic N) is 1. The predicted molar refractivity (Wildman–Crippen MR) is 90.7 cm³/mol. The van der Waals surface area contributed by atoms with Crippen molar-refractivity contribution >= 4 is 15.9 Å². The van der Waals surface area contributed by atoms with E-state index in [0.717, 1.165) is 0 Å². The molecule has 1 amide bonds. The Morgan fingerprint density at radius 3 is 2.56 bits per heavy atom. The fourth-order valence-electron chi connectivity index (χ4n) is 2.18. The number of hydrogen-bond acceptors (Lipinski definition) is 6. The van der Waals surface area contributed by atoms with Crippen molar-refractivity contribution in [2.75, 3.05) is 19.7 Å². The number of aromatic nitrogens is 1. The topological polar surface area (TPSA) is 111 Å². The minimum absolute atomic E-state index is 0.0371. The molecule has 0 aliphatic heterocycles. The lowest BCUT2D eigenvalue weighted by Crippen LogP contribution is -2.35. The number of carbonyl (C=O) groups excluding carboxylic acids is 1. The maximum atomic E-state index is 12.2. The van der Waals surface area contributed by atoms with Crippen LogP contribution in [0.5, 0.6) is 5.75 Å². The molecule has 25 heavy (non-hydrogen) atoms. The van der Waals surface area contributed by atoms with Gasteiger partial charge in [-0.1, -0.05) is 23.4 Å². The van der Waals surface area contributed by atoms with Crippen LogP contribution in [0.15, 0.2) is 39.8 Å². The molecule has 0 aliphatic carbocycles. The molecule has 1 aromatic carbocycles. The normalized spacial score (nSPS) is 11.3. The standard InChI is InChI=1S/C16H21N3O5S/c1-12-16(13(2)24-19-12)25(21,22)18-10-9-17-15(20)8-11-23-14-6-4-3-5-7-14/h3-7,18H,8-11H2,1-2H3,(H,17,20). The lowest BCUT2D eigenvalue weighted by molar-refractivity contribution is -0.121. The molecule has 1 aromatic heterocycles. The van der Waals surface area contributed by atoms with E-state index in [0.29, 0.717) is 11.4 Å². The number of nitrogens with one attached hydrogen (secondary N) is 2. The molecule has 0 saturated heterocycles. The van der Waals surface area contributed by atoms with Crippen molar-refractivity contribution in [3.05, 3.63) is 41.8 Å². The van der Waals surface area contributed by atoms with Crippen molar-refractivity contribution < 1.29 is 22.5 Å². The molecule has 1 heterocycles. The molecule has 0 aliphatic rings. The minimum Gasteiger partial charge on any atom is -0.493 e. The molecule has 0 atom stereocenters. The molecule has 0 spiro atoms. The van der Waals surface area contributed by atoms with Crippen LogP contribution in [0.3, 0.4) is 0 Å². The van der Waals surface area contributed by atoms with Crippen LogP contribution in [0.4, 0.5) is 0 Å². The summed E-state index contributed by atoms with van der Waals surface area (Å²) in [5, 5.41) is 6.25. The number of benzene rings is 1. The summed E-state index contributed by atoms with van der Waals surface area (Å²) in [4.78, 5) is 11.7. The third-order valence-electron chi connectivity index (χ3n) is 3.32. The van der Waals surface area contributed by atoms with Crippen LogP contribution in [-0.2, 0) is 14.8 Å². The molecule has 2 N–H and O–H groups in total. The van der Waals surface area contributed by atoms with Crippen molar-refractivity contribution in [3.63, 3.8) is 0 Å². The highest BCUT2D eigenvalue weighted by molar-refractivity contribution is 7.89. The van der Waals surface area contributed by atoms with E-state index in [4.69, 9.17) is 9.26 Å². The van der Waals surface area contributed by atoms with Gasteiger partial charge in [-0.3, -0.25) is 4.79 Å². The number of ether oxygens (including phenoxy) is 1. The first-order chi connectivity index (χ1) is 11.9. The molecule has 0 radical (unpaired) electrons. The van der Waals surface area contributed by atoms with Gasteiger partial charge < -0.3 is 14.6 Å². The van der Waals surface area contributed by atoms with Crippen LogP contribution in [0.25, 0.3) is 0 Å². The Bertz CT molecular complexity index is 783.